The van der Waals surface area contributed by atoms with Crippen molar-refractivity contribution in [3.05, 3.63) is 12.2 Å². The van der Waals surface area contributed by atoms with E-state index in [1.807, 2.05) is 26.8 Å². The maximum atomic E-state index is 14.0. The zero-order valence-corrected chi connectivity index (χ0v) is 38.3. The molecule has 0 aromatic heterocycles. The van der Waals surface area contributed by atoms with Crippen molar-refractivity contribution in [3.8, 4) is 0 Å². The molecule has 18 heteroatoms. The molecule has 0 spiro atoms. The van der Waals surface area contributed by atoms with E-state index in [2.05, 4.69) is 40.9 Å². The van der Waals surface area contributed by atoms with E-state index >= 15 is 0 Å². The highest BCUT2D eigenvalue weighted by Crippen LogP contribution is 2.47. The number of hydrogen-bond donors (Lipinski definition) is 7. The number of aliphatic carboxylic acids is 1. The first-order chi connectivity index (χ1) is 28.8. The third-order valence-electron chi connectivity index (χ3n) is 13.2. The molecule has 4 rings (SSSR count). The number of aliphatic hydroxyl groups excluding tert-OH is 5. The molecule has 7 N–H and O–H groups in total. The SMILES string of the molecule is CC/C=C\C(C)(I)C1CC(CC)[C@@H](O[C@@H]2OC(C(F)(F)F)[C@@H](O)C(O)C2O)[C@H](O[C@@H]2OC(CO)[C@H](O)C(O[C@@H](CC3CCC(CCCCCC)CC3)C(=O)O)C2NC(C)=O)C1. The number of amides is 1. The summed E-state index contributed by atoms with van der Waals surface area (Å²) in [7, 11) is 0. The number of ether oxygens (including phenoxy) is 5. The van der Waals surface area contributed by atoms with Crippen molar-refractivity contribution < 1.29 is 77.1 Å². The number of aliphatic hydroxyl groups is 5. The van der Waals surface area contributed by atoms with E-state index in [0.717, 1.165) is 44.9 Å². The summed E-state index contributed by atoms with van der Waals surface area (Å²) in [5.74, 6) is -1.78. The minimum absolute atomic E-state index is 0.0474. The zero-order chi connectivity index (χ0) is 45.2. The molecule has 4 aliphatic rings. The number of hydrogen-bond acceptors (Lipinski definition) is 12. The Balaban J connectivity index is 1.65. The summed E-state index contributed by atoms with van der Waals surface area (Å²) in [6.07, 6.45) is -10.8. The van der Waals surface area contributed by atoms with Crippen LogP contribution in [0.5, 0.6) is 0 Å². The number of halogens is 4. The largest absolute Gasteiger partial charge is 0.479 e. The van der Waals surface area contributed by atoms with Crippen LogP contribution in [0.15, 0.2) is 12.2 Å². The summed E-state index contributed by atoms with van der Waals surface area (Å²) < 4.78 is 71.9. The second kappa shape index (κ2) is 23.8. The van der Waals surface area contributed by atoms with Gasteiger partial charge in [0.1, 0.15) is 42.7 Å². The topological polar surface area (TPSA) is 214 Å². The van der Waals surface area contributed by atoms with Crippen LogP contribution in [0.2, 0.25) is 0 Å². The summed E-state index contributed by atoms with van der Waals surface area (Å²) in [6.45, 7) is 8.52. The predicted octanol–water partition coefficient (Wildman–Crippen LogP) is 5.31. The normalized spacial score (nSPS) is 39.1. The van der Waals surface area contributed by atoms with E-state index in [1.54, 1.807) is 0 Å². The fourth-order valence-corrected chi connectivity index (χ4v) is 10.4. The van der Waals surface area contributed by atoms with Crippen LogP contribution >= 0.6 is 22.6 Å². The molecule has 2 saturated carbocycles. The highest BCUT2D eigenvalue weighted by Gasteiger charge is 2.58. The lowest BCUT2D eigenvalue weighted by Crippen LogP contribution is -2.67. The van der Waals surface area contributed by atoms with E-state index < -0.39 is 114 Å². The van der Waals surface area contributed by atoms with Crippen molar-refractivity contribution in [1.29, 1.82) is 0 Å². The first kappa shape index (κ1) is 52.4. The third-order valence-corrected chi connectivity index (χ3v) is 14.5. The average molecular weight is 994 g/mol. The molecule has 2 aliphatic carbocycles. The van der Waals surface area contributed by atoms with E-state index in [4.69, 9.17) is 23.7 Å². The molecule has 4 fully saturated rings. The molecule has 1 amide bonds. The molecular weight excluding hydrogens is 922 g/mol. The minimum atomic E-state index is -5.12. The van der Waals surface area contributed by atoms with Crippen LogP contribution in [0.4, 0.5) is 13.2 Å². The second-order valence-electron chi connectivity index (χ2n) is 17.9. The summed E-state index contributed by atoms with van der Waals surface area (Å²) in [4.78, 5) is 25.6. The Morgan fingerprint density at radius 2 is 1.56 bits per heavy atom. The molecule has 354 valence electrons. The molecule has 0 bridgehead atoms. The van der Waals surface area contributed by atoms with E-state index in [-0.39, 0.29) is 24.7 Å². The van der Waals surface area contributed by atoms with Crippen molar-refractivity contribution in [2.75, 3.05) is 6.61 Å². The van der Waals surface area contributed by atoms with Crippen LogP contribution in [0.1, 0.15) is 125 Å². The van der Waals surface area contributed by atoms with Crippen LogP contribution in [-0.4, -0.2) is 138 Å². The number of carboxylic acids is 1. The monoisotopic (exact) mass is 993 g/mol. The molecule has 2 heterocycles. The lowest BCUT2D eigenvalue weighted by atomic mass is 9.71. The Morgan fingerprint density at radius 3 is 2.13 bits per heavy atom. The van der Waals surface area contributed by atoms with Crippen LogP contribution in [0.25, 0.3) is 0 Å². The molecule has 0 radical (unpaired) electrons. The molecule has 9 unspecified atom stereocenters. The molecule has 14 nitrogen and oxygen atoms in total. The minimum Gasteiger partial charge on any atom is -0.479 e. The van der Waals surface area contributed by atoms with Gasteiger partial charge < -0.3 is 59.6 Å². The van der Waals surface area contributed by atoms with Gasteiger partial charge >= 0.3 is 12.1 Å². The summed E-state index contributed by atoms with van der Waals surface area (Å²) >= 11 is 2.33. The average Bonchev–Trinajstić information content (AvgIpc) is 3.20. The standard InChI is InChI=1S/C43H71F3INO13/c1-6-9-11-12-13-24-14-16-25(17-15-24)19-29(39(55)56)57-37-31(48-23(4)50)40(59-30(22-49)32(37)51)58-28-21-27(42(5,47)18-10-7-2)20-26(8-3)36(28)60-41-35(54)33(52)34(53)38(61-41)43(44,45)46/h10,18,24-38,40-41,49,51-54H,6-9,11-17,19-22H2,1-5H3,(H,48,50)(H,55,56)/b18-10-/t24?,25?,26?,27?,28-,29+,30?,31?,32+,33?,34+,35?,36-,37?,38?,40-,41-,42?/m1/s1. The van der Waals surface area contributed by atoms with E-state index in [9.17, 15) is 53.4 Å². The lowest BCUT2D eigenvalue weighted by molar-refractivity contribution is -0.373. The van der Waals surface area contributed by atoms with E-state index in [1.165, 1.54) is 26.2 Å². The van der Waals surface area contributed by atoms with Crippen LogP contribution in [-0.2, 0) is 33.3 Å². The maximum Gasteiger partial charge on any atom is 0.417 e. The van der Waals surface area contributed by atoms with Gasteiger partial charge in [0.05, 0.1) is 18.8 Å². The first-order valence-corrected chi connectivity index (χ1v) is 23.4. The number of unbranched alkanes of at least 4 members (excludes halogenated alkanes) is 3. The van der Waals surface area contributed by atoms with Gasteiger partial charge in [0.25, 0.3) is 0 Å². The Kier molecular flexibility index (Phi) is 20.5. The van der Waals surface area contributed by atoms with Crippen LogP contribution in [0, 0.1) is 23.7 Å². The van der Waals surface area contributed by atoms with Crippen molar-refractivity contribution >= 4 is 34.5 Å². The van der Waals surface area contributed by atoms with Crippen molar-refractivity contribution in [2.24, 2.45) is 23.7 Å². The summed E-state index contributed by atoms with van der Waals surface area (Å²) in [5.41, 5.74) is 0. The highest BCUT2D eigenvalue weighted by atomic mass is 127. The Morgan fingerprint density at radius 1 is 0.885 bits per heavy atom. The van der Waals surface area contributed by atoms with Crippen molar-refractivity contribution in [1.82, 2.24) is 5.32 Å². The van der Waals surface area contributed by atoms with Crippen molar-refractivity contribution in [2.45, 2.75) is 214 Å². The number of rotatable bonds is 20. The van der Waals surface area contributed by atoms with Gasteiger partial charge in [-0.05, 0) is 56.3 Å². The van der Waals surface area contributed by atoms with Gasteiger partial charge in [0.15, 0.2) is 24.8 Å². The number of alkyl halides is 4. The Labute approximate surface area is 371 Å². The Hall–Kier alpha value is -1.20. The van der Waals surface area contributed by atoms with Gasteiger partial charge in [-0.1, -0.05) is 120 Å². The molecule has 2 aliphatic heterocycles. The van der Waals surface area contributed by atoms with Gasteiger partial charge in [0.2, 0.25) is 5.91 Å². The number of allylic oxidation sites excluding steroid dienone is 2. The quantitative estimate of drug-likeness (QED) is 0.0357. The van der Waals surface area contributed by atoms with Gasteiger partial charge in [-0.25, -0.2) is 4.79 Å². The first-order valence-electron chi connectivity index (χ1n) is 22.3. The summed E-state index contributed by atoms with van der Waals surface area (Å²) in [5, 5.41) is 66.7. The maximum absolute atomic E-state index is 14.0. The van der Waals surface area contributed by atoms with E-state index in [0.29, 0.717) is 18.8 Å². The predicted molar refractivity (Wildman–Crippen MR) is 225 cm³/mol. The number of carboxylic acid groups (broad SMARTS) is 1. The molecular formula is C43H71F3INO13. The third kappa shape index (κ3) is 14.1. The van der Waals surface area contributed by atoms with Crippen molar-refractivity contribution in [3.63, 3.8) is 0 Å². The molecule has 2 saturated heterocycles. The smallest absolute Gasteiger partial charge is 0.417 e. The van der Waals surface area contributed by atoms with Gasteiger partial charge in [0, 0.05) is 10.3 Å². The Bertz CT molecular complexity index is 1390. The second-order valence-corrected chi connectivity index (χ2v) is 20.2. The molecule has 0 aromatic rings. The fourth-order valence-electron chi connectivity index (χ4n) is 9.60. The van der Waals surface area contributed by atoms with Gasteiger partial charge in [-0.2, -0.15) is 13.2 Å². The molecule has 16 atom stereocenters. The number of nitrogens with one attached hydrogen (secondary N) is 1. The highest BCUT2D eigenvalue weighted by molar-refractivity contribution is 14.1. The fraction of sp³-hybridized carbons (Fsp3) is 0.907. The van der Waals surface area contributed by atoms with Gasteiger partial charge in [-0.3, -0.25) is 4.79 Å². The zero-order valence-electron chi connectivity index (χ0n) is 36.1. The van der Waals surface area contributed by atoms with Crippen LogP contribution in [0.3, 0.4) is 0 Å². The lowest BCUT2D eigenvalue weighted by Gasteiger charge is -2.50. The summed E-state index contributed by atoms with van der Waals surface area (Å²) in [6, 6.07) is -1.34. The van der Waals surface area contributed by atoms with Gasteiger partial charge in [-0.15, -0.1) is 0 Å². The molecule has 61 heavy (non-hydrogen) atoms. The number of carbonyl (C=O) groups is 2. The number of carbonyl (C=O) groups excluding carboxylic acids is 1. The van der Waals surface area contributed by atoms with Crippen LogP contribution < -0.4 is 5.32 Å². The molecule has 0 aromatic carbocycles.